The normalized spacial score (nSPS) is 19.8. The zero-order valence-electron chi connectivity index (χ0n) is 14.5. The molecule has 1 aliphatic carbocycles. The lowest BCUT2D eigenvalue weighted by Gasteiger charge is -2.16. The van der Waals surface area contributed by atoms with Gasteiger partial charge in [0.15, 0.2) is 0 Å². The van der Waals surface area contributed by atoms with Crippen LogP contribution in [-0.4, -0.2) is 52.6 Å². The molecule has 0 spiro atoms. The summed E-state index contributed by atoms with van der Waals surface area (Å²) in [6.45, 7) is 0.833. The average molecular weight is 356 g/mol. The van der Waals surface area contributed by atoms with Crippen molar-refractivity contribution in [2.75, 3.05) is 13.7 Å². The second-order valence-corrected chi connectivity index (χ2v) is 6.67. The van der Waals surface area contributed by atoms with E-state index in [0.717, 1.165) is 12.8 Å². The molecule has 4 rings (SSSR count). The van der Waals surface area contributed by atoms with Gasteiger partial charge in [0.1, 0.15) is 6.61 Å². The summed E-state index contributed by atoms with van der Waals surface area (Å²) in [6.07, 6.45) is 2.51. The van der Waals surface area contributed by atoms with Crippen LogP contribution in [0.25, 0.3) is 11.5 Å². The van der Waals surface area contributed by atoms with Crippen molar-refractivity contribution in [2.45, 2.75) is 38.0 Å². The number of rotatable bonds is 6. The number of hydrogen-bond acceptors (Lipinski definition) is 6. The zero-order valence-corrected chi connectivity index (χ0v) is 14.5. The molecule has 2 heterocycles. The summed E-state index contributed by atoms with van der Waals surface area (Å²) in [5, 5.41) is 10.8. The van der Waals surface area contributed by atoms with Crippen LogP contribution >= 0.6 is 0 Å². The van der Waals surface area contributed by atoms with Crippen molar-refractivity contribution < 1.29 is 18.7 Å². The van der Waals surface area contributed by atoms with Gasteiger partial charge in [0.2, 0.25) is 17.7 Å². The second kappa shape index (κ2) is 6.87. The molecule has 1 atom stereocenters. The van der Waals surface area contributed by atoms with Crippen LogP contribution < -0.4 is 5.32 Å². The molecule has 1 saturated carbocycles. The van der Waals surface area contributed by atoms with Gasteiger partial charge in [-0.15, -0.1) is 10.2 Å². The van der Waals surface area contributed by atoms with Gasteiger partial charge in [0.25, 0.3) is 5.91 Å². The fraction of sp³-hybridized carbons (Fsp3) is 0.444. The quantitative estimate of drug-likeness (QED) is 0.840. The fourth-order valence-electron chi connectivity index (χ4n) is 3.18. The van der Waals surface area contributed by atoms with Crippen LogP contribution in [0.2, 0.25) is 0 Å². The number of nitrogens with one attached hydrogen (secondary N) is 1. The van der Waals surface area contributed by atoms with E-state index in [1.807, 2.05) is 4.90 Å². The molecule has 8 nitrogen and oxygen atoms in total. The maximum Gasteiger partial charge on any atom is 0.251 e. The Labute approximate surface area is 150 Å². The number of hydrogen-bond donors (Lipinski definition) is 1. The van der Waals surface area contributed by atoms with Crippen LogP contribution in [0, 0.1) is 0 Å². The zero-order chi connectivity index (χ0) is 18.1. The number of methoxy groups -OCH3 is 1. The van der Waals surface area contributed by atoms with Gasteiger partial charge in [0.05, 0.1) is 6.04 Å². The third kappa shape index (κ3) is 3.45. The van der Waals surface area contributed by atoms with E-state index in [1.54, 1.807) is 31.4 Å². The van der Waals surface area contributed by atoms with Crippen molar-refractivity contribution >= 4 is 11.8 Å². The molecule has 1 aromatic carbocycles. The summed E-state index contributed by atoms with van der Waals surface area (Å²) < 4.78 is 10.5. The molecule has 0 radical (unpaired) electrons. The second-order valence-electron chi connectivity index (χ2n) is 6.67. The highest BCUT2D eigenvalue weighted by Gasteiger charge is 2.39. The van der Waals surface area contributed by atoms with Gasteiger partial charge in [-0.05, 0) is 31.0 Å². The molecule has 2 aliphatic rings. The summed E-state index contributed by atoms with van der Waals surface area (Å²) in [6, 6.07) is 7.23. The first-order chi connectivity index (χ1) is 12.6. The number of nitrogens with zero attached hydrogens (tertiary/aromatic N) is 3. The number of amides is 2. The lowest BCUT2D eigenvalue weighted by Crippen LogP contribution is -2.37. The number of benzene rings is 1. The molecule has 2 aromatic rings. The molecular formula is C18H20N4O4. The van der Waals surface area contributed by atoms with E-state index < -0.39 is 0 Å². The van der Waals surface area contributed by atoms with Crippen LogP contribution in [0.1, 0.15) is 35.5 Å². The molecule has 1 aromatic heterocycles. The summed E-state index contributed by atoms with van der Waals surface area (Å²) in [4.78, 5) is 26.5. The SMILES string of the molecule is COCc1nnc(-c2cccc(C(=O)NC3CC(=O)N(C4CC4)C3)c2)o1. The Hall–Kier alpha value is -2.74. The third-order valence-electron chi connectivity index (χ3n) is 4.59. The van der Waals surface area contributed by atoms with Crippen LogP contribution in [0.4, 0.5) is 0 Å². The van der Waals surface area contributed by atoms with E-state index in [-0.39, 0.29) is 24.5 Å². The van der Waals surface area contributed by atoms with Gasteiger partial charge >= 0.3 is 0 Å². The highest BCUT2D eigenvalue weighted by atomic mass is 16.5. The van der Waals surface area contributed by atoms with Crippen molar-refractivity contribution in [3.8, 4) is 11.5 Å². The van der Waals surface area contributed by atoms with E-state index in [9.17, 15) is 9.59 Å². The van der Waals surface area contributed by atoms with E-state index in [0.29, 0.717) is 41.9 Å². The molecule has 1 saturated heterocycles. The number of likely N-dealkylation sites (tertiary alicyclic amines) is 1. The highest BCUT2D eigenvalue weighted by molar-refractivity contribution is 5.96. The van der Waals surface area contributed by atoms with Gasteiger partial charge in [-0.25, -0.2) is 0 Å². The fourth-order valence-corrected chi connectivity index (χ4v) is 3.18. The Bertz CT molecular complexity index is 830. The summed E-state index contributed by atoms with van der Waals surface area (Å²) in [5.41, 5.74) is 1.15. The first kappa shape index (κ1) is 16.7. The Morgan fingerprint density at radius 2 is 2.23 bits per heavy atom. The molecule has 136 valence electrons. The minimum Gasteiger partial charge on any atom is -0.418 e. The number of ether oxygens (including phenoxy) is 1. The molecule has 1 N–H and O–H groups in total. The predicted molar refractivity (Wildman–Crippen MR) is 91.1 cm³/mol. The monoisotopic (exact) mass is 356 g/mol. The molecule has 2 amide bonds. The van der Waals surface area contributed by atoms with Gasteiger partial charge in [-0.1, -0.05) is 6.07 Å². The highest BCUT2D eigenvalue weighted by Crippen LogP contribution is 2.30. The van der Waals surface area contributed by atoms with E-state index in [4.69, 9.17) is 9.15 Å². The van der Waals surface area contributed by atoms with Crippen molar-refractivity contribution in [2.24, 2.45) is 0 Å². The first-order valence-corrected chi connectivity index (χ1v) is 8.66. The van der Waals surface area contributed by atoms with Crippen molar-refractivity contribution in [3.63, 3.8) is 0 Å². The number of carbonyl (C=O) groups is 2. The van der Waals surface area contributed by atoms with Crippen LogP contribution in [-0.2, 0) is 16.1 Å². The standard InChI is InChI=1S/C18H20N4O4/c1-25-10-15-20-21-18(26-15)12-4-2-3-11(7-12)17(24)19-13-8-16(23)22(9-13)14-5-6-14/h2-4,7,13-14H,5-6,8-10H2,1H3,(H,19,24). The number of carbonyl (C=O) groups excluding carboxylic acids is 2. The maximum atomic E-state index is 12.6. The van der Waals surface area contributed by atoms with E-state index in [2.05, 4.69) is 15.5 Å². The Morgan fingerprint density at radius 1 is 1.38 bits per heavy atom. The average Bonchev–Trinajstić information content (AvgIpc) is 3.26. The van der Waals surface area contributed by atoms with Crippen molar-refractivity contribution in [1.29, 1.82) is 0 Å². The molecular weight excluding hydrogens is 336 g/mol. The van der Waals surface area contributed by atoms with Crippen LogP contribution in [0.3, 0.4) is 0 Å². The smallest absolute Gasteiger partial charge is 0.251 e. The molecule has 1 aliphatic heterocycles. The summed E-state index contributed by atoms with van der Waals surface area (Å²) >= 11 is 0. The molecule has 26 heavy (non-hydrogen) atoms. The van der Waals surface area contributed by atoms with E-state index >= 15 is 0 Å². The lowest BCUT2D eigenvalue weighted by molar-refractivity contribution is -0.128. The Kier molecular flexibility index (Phi) is 4.42. The third-order valence-corrected chi connectivity index (χ3v) is 4.59. The first-order valence-electron chi connectivity index (χ1n) is 8.66. The van der Waals surface area contributed by atoms with E-state index in [1.165, 1.54) is 0 Å². The minimum absolute atomic E-state index is 0.128. The van der Waals surface area contributed by atoms with Crippen molar-refractivity contribution in [1.82, 2.24) is 20.4 Å². The largest absolute Gasteiger partial charge is 0.418 e. The van der Waals surface area contributed by atoms with Gasteiger partial charge in [-0.2, -0.15) is 0 Å². The summed E-state index contributed by atoms with van der Waals surface area (Å²) in [5.74, 6) is 0.631. The maximum absolute atomic E-state index is 12.6. The topological polar surface area (TPSA) is 97.6 Å². The van der Waals surface area contributed by atoms with Gasteiger partial charge < -0.3 is 19.4 Å². The van der Waals surface area contributed by atoms with Crippen LogP contribution in [0.5, 0.6) is 0 Å². The van der Waals surface area contributed by atoms with Gasteiger partial charge in [0, 0.05) is 37.2 Å². The Balaban J connectivity index is 1.44. The molecule has 2 fully saturated rings. The lowest BCUT2D eigenvalue weighted by atomic mass is 10.1. The molecule has 8 heteroatoms. The molecule has 1 unspecified atom stereocenters. The Morgan fingerprint density at radius 3 is 3.00 bits per heavy atom. The van der Waals surface area contributed by atoms with Gasteiger partial charge in [-0.3, -0.25) is 9.59 Å². The van der Waals surface area contributed by atoms with Crippen LogP contribution in [0.15, 0.2) is 28.7 Å². The minimum atomic E-state index is -0.209. The predicted octanol–water partition coefficient (Wildman–Crippen LogP) is 1.38. The number of aromatic nitrogens is 2. The molecule has 0 bridgehead atoms. The van der Waals surface area contributed by atoms with Crippen molar-refractivity contribution in [3.05, 3.63) is 35.7 Å². The summed E-state index contributed by atoms with van der Waals surface area (Å²) in [7, 11) is 1.55.